The monoisotopic (exact) mass is 393 g/mol. The summed E-state index contributed by atoms with van der Waals surface area (Å²) >= 11 is 0. The van der Waals surface area contributed by atoms with Gasteiger partial charge in [0, 0.05) is 25.2 Å². The van der Waals surface area contributed by atoms with Gasteiger partial charge in [0.15, 0.2) is 5.82 Å². The number of nitrogens with one attached hydrogen (secondary N) is 2. The molecule has 1 atom stereocenters. The van der Waals surface area contributed by atoms with Crippen LogP contribution in [0.2, 0.25) is 0 Å². The van der Waals surface area contributed by atoms with Gasteiger partial charge in [0.2, 0.25) is 0 Å². The first-order chi connectivity index (χ1) is 13.4. The van der Waals surface area contributed by atoms with Gasteiger partial charge in [-0.15, -0.1) is 0 Å². The summed E-state index contributed by atoms with van der Waals surface area (Å²) in [6.07, 6.45) is -0.899. The fourth-order valence-corrected chi connectivity index (χ4v) is 4.44. The van der Waals surface area contributed by atoms with Crippen molar-refractivity contribution in [1.82, 2.24) is 25.4 Å². The minimum atomic E-state index is -4.19. The molecule has 150 valence electrons. The minimum absolute atomic E-state index is 0.0160. The number of urea groups is 1. The number of carbonyl (C=O) groups excluding carboxylic acids is 1. The van der Waals surface area contributed by atoms with Crippen molar-refractivity contribution in [3.8, 4) is 11.4 Å². The quantitative estimate of drug-likeness (QED) is 0.834. The smallest absolute Gasteiger partial charge is 0.334 e. The lowest BCUT2D eigenvalue weighted by Crippen LogP contribution is -2.59. The first kappa shape index (κ1) is 18.8. The zero-order valence-corrected chi connectivity index (χ0v) is 15.3. The normalized spacial score (nSPS) is 21.4. The second-order valence-corrected chi connectivity index (χ2v) is 7.71. The van der Waals surface area contributed by atoms with Gasteiger partial charge in [-0.1, -0.05) is 24.6 Å². The number of piperidine rings is 1. The number of H-pyrrole nitrogens is 1. The molecule has 0 bridgehead atoms. The SMILES string of the molecule is O=C(NCc1cccc(-c2ncn[nH]2)c1)N1CCC(C(F)(F)F)C2(CCC2)C1. The summed E-state index contributed by atoms with van der Waals surface area (Å²) in [5.41, 5.74) is 0.939. The van der Waals surface area contributed by atoms with Crippen LogP contribution in [0, 0.1) is 11.3 Å². The molecular weight excluding hydrogens is 371 g/mol. The Balaban J connectivity index is 1.38. The van der Waals surface area contributed by atoms with Crippen LogP contribution in [0.25, 0.3) is 11.4 Å². The molecule has 1 aliphatic carbocycles. The summed E-state index contributed by atoms with van der Waals surface area (Å²) in [6.45, 7) is 0.615. The van der Waals surface area contributed by atoms with Crippen LogP contribution in [0.4, 0.5) is 18.0 Å². The van der Waals surface area contributed by atoms with Crippen molar-refractivity contribution in [3.05, 3.63) is 36.2 Å². The highest BCUT2D eigenvalue weighted by Gasteiger charge is 2.58. The standard InChI is InChI=1S/C19H22F3N5O/c20-19(21,22)15-5-8-27(11-18(15)6-2-7-18)17(28)23-10-13-3-1-4-14(9-13)16-24-12-25-26-16/h1,3-4,9,12,15H,2,5-8,10-11H2,(H,23,28)(H,24,25,26). The molecule has 2 aromatic rings. The van der Waals surface area contributed by atoms with E-state index >= 15 is 0 Å². The highest BCUT2D eigenvalue weighted by atomic mass is 19.4. The summed E-state index contributed by atoms with van der Waals surface area (Å²) in [5.74, 6) is -0.661. The fraction of sp³-hybridized carbons (Fsp3) is 0.526. The average molecular weight is 393 g/mol. The molecule has 1 spiro atoms. The van der Waals surface area contributed by atoms with E-state index in [-0.39, 0.29) is 25.5 Å². The number of halogens is 3. The topological polar surface area (TPSA) is 73.9 Å². The third kappa shape index (κ3) is 3.57. The molecule has 0 radical (unpaired) electrons. The summed E-state index contributed by atoms with van der Waals surface area (Å²) in [6, 6.07) is 7.20. The predicted octanol–water partition coefficient (Wildman–Crippen LogP) is 3.74. The zero-order valence-electron chi connectivity index (χ0n) is 15.3. The van der Waals surface area contributed by atoms with E-state index in [9.17, 15) is 18.0 Å². The van der Waals surface area contributed by atoms with Crippen molar-refractivity contribution in [2.45, 2.75) is 38.4 Å². The van der Waals surface area contributed by atoms with Crippen LogP contribution in [0.1, 0.15) is 31.2 Å². The fourth-order valence-electron chi connectivity index (χ4n) is 4.44. The Kier molecular flexibility index (Phi) is 4.76. The number of amides is 2. The molecule has 1 aromatic carbocycles. The minimum Gasteiger partial charge on any atom is -0.334 e. The first-order valence-corrected chi connectivity index (χ1v) is 9.42. The number of alkyl halides is 3. The molecule has 6 nitrogen and oxygen atoms in total. The van der Waals surface area contributed by atoms with E-state index in [1.165, 1.54) is 6.33 Å². The Morgan fingerprint density at radius 1 is 1.36 bits per heavy atom. The van der Waals surface area contributed by atoms with Crippen LogP contribution in [0.15, 0.2) is 30.6 Å². The maximum atomic E-state index is 13.4. The van der Waals surface area contributed by atoms with Crippen LogP contribution >= 0.6 is 0 Å². The average Bonchev–Trinajstić information content (AvgIpc) is 3.18. The van der Waals surface area contributed by atoms with Gasteiger partial charge in [0.25, 0.3) is 0 Å². The van der Waals surface area contributed by atoms with E-state index in [4.69, 9.17) is 0 Å². The number of hydrogen-bond acceptors (Lipinski definition) is 3. The van der Waals surface area contributed by atoms with Gasteiger partial charge < -0.3 is 10.2 Å². The molecule has 2 N–H and O–H groups in total. The van der Waals surface area contributed by atoms with Gasteiger partial charge in [-0.2, -0.15) is 18.3 Å². The molecule has 2 heterocycles. The van der Waals surface area contributed by atoms with Crippen molar-refractivity contribution in [1.29, 1.82) is 0 Å². The third-order valence-corrected chi connectivity index (χ3v) is 6.02. The highest BCUT2D eigenvalue weighted by molar-refractivity contribution is 5.74. The largest absolute Gasteiger partial charge is 0.392 e. The molecule has 9 heteroatoms. The van der Waals surface area contributed by atoms with Gasteiger partial charge in [0.1, 0.15) is 6.33 Å². The van der Waals surface area contributed by atoms with E-state index in [1.54, 1.807) is 4.90 Å². The maximum absolute atomic E-state index is 13.4. The summed E-state index contributed by atoms with van der Waals surface area (Å²) in [4.78, 5) is 18.2. The van der Waals surface area contributed by atoms with Crippen molar-refractivity contribution < 1.29 is 18.0 Å². The molecule has 2 aliphatic rings. The van der Waals surface area contributed by atoms with Gasteiger partial charge in [-0.05, 0) is 36.3 Å². The molecule has 1 aliphatic heterocycles. The molecule has 1 saturated heterocycles. The Bertz CT molecular complexity index is 832. The van der Waals surface area contributed by atoms with E-state index in [1.807, 2.05) is 24.3 Å². The van der Waals surface area contributed by atoms with Crippen molar-refractivity contribution >= 4 is 6.03 Å². The number of rotatable bonds is 3. The molecule has 2 amide bonds. The number of aromatic nitrogens is 3. The number of nitrogens with zero attached hydrogens (tertiary/aromatic N) is 3. The zero-order chi connectivity index (χ0) is 19.8. The van der Waals surface area contributed by atoms with Crippen LogP contribution in [0.3, 0.4) is 0 Å². The van der Waals surface area contributed by atoms with E-state index in [0.717, 1.165) is 17.5 Å². The highest BCUT2D eigenvalue weighted by Crippen LogP contribution is 2.56. The van der Waals surface area contributed by atoms with Crippen LogP contribution in [-0.2, 0) is 6.54 Å². The first-order valence-electron chi connectivity index (χ1n) is 9.42. The number of hydrogen-bond donors (Lipinski definition) is 2. The molecule has 1 saturated carbocycles. The van der Waals surface area contributed by atoms with Crippen LogP contribution in [0.5, 0.6) is 0 Å². The lowest BCUT2D eigenvalue weighted by molar-refractivity contribution is -0.235. The van der Waals surface area contributed by atoms with Gasteiger partial charge in [-0.3, -0.25) is 5.10 Å². The molecular formula is C19H22F3N5O. The van der Waals surface area contributed by atoms with Gasteiger partial charge in [0.05, 0.1) is 5.92 Å². The second kappa shape index (κ2) is 7.10. The van der Waals surface area contributed by atoms with Crippen molar-refractivity contribution in [2.24, 2.45) is 11.3 Å². The number of benzene rings is 1. The number of carbonyl (C=O) groups is 1. The molecule has 1 unspecified atom stereocenters. The third-order valence-electron chi connectivity index (χ3n) is 6.02. The predicted molar refractivity (Wildman–Crippen MR) is 96.1 cm³/mol. The van der Waals surface area contributed by atoms with E-state index < -0.39 is 17.5 Å². The molecule has 2 fully saturated rings. The van der Waals surface area contributed by atoms with Gasteiger partial charge in [-0.25, -0.2) is 9.78 Å². The van der Waals surface area contributed by atoms with Crippen molar-refractivity contribution in [2.75, 3.05) is 13.1 Å². The van der Waals surface area contributed by atoms with Crippen LogP contribution < -0.4 is 5.32 Å². The Labute approximate surface area is 160 Å². The lowest BCUT2D eigenvalue weighted by atomic mass is 9.58. The number of aromatic amines is 1. The van der Waals surface area contributed by atoms with E-state index in [0.29, 0.717) is 25.2 Å². The van der Waals surface area contributed by atoms with E-state index in [2.05, 4.69) is 20.5 Å². The Morgan fingerprint density at radius 3 is 2.82 bits per heavy atom. The second-order valence-electron chi connectivity index (χ2n) is 7.71. The van der Waals surface area contributed by atoms with Crippen molar-refractivity contribution in [3.63, 3.8) is 0 Å². The summed E-state index contributed by atoms with van der Waals surface area (Å²) in [5, 5.41) is 9.45. The lowest BCUT2D eigenvalue weighted by Gasteiger charge is -2.54. The summed E-state index contributed by atoms with van der Waals surface area (Å²) in [7, 11) is 0. The van der Waals surface area contributed by atoms with Crippen LogP contribution in [-0.4, -0.2) is 45.4 Å². The molecule has 1 aromatic heterocycles. The Hall–Kier alpha value is -2.58. The molecule has 4 rings (SSSR count). The maximum Gasteiger partial charge on any atom is 0.392 e. The summed E-state index contributed by atoms with van der Waals surface area (Å²) < 4.78 is 40.1. The Morgan fingerprint density at radius 2 is 2.18 bits per heavy atom. The number of likely N-dealkylation sites (tertiary alicyclic amines) is 1. The van der Waals surface area contributed by atoms with Gasteiger partial charge >= 0.3 is 12.2 Å². The molecule has 28 heavy (non-hydrogen) atoms.